The molecular weight excluding hydrogens is 356 g/mol. The van der Waals surface area contributed by atoms with E-state index < -0.39 is 35.3 Å². The molecule has 0 saturated carbocycles. The fourth-order valence-corrected chi connectivity index (χ4v) is 2.65. The molecule has 1 aromatic rings. The minimum absolute atomic E-state index is 0.00270. The molecule has 0 bridgehead atoms. The summed E-state index contributed by atoms with van der Waals surface area (Å²) < 4.78 is 33.4. The molecule has 1 fully saturated rings. The zero-order chi connectivity index (χ0) is 20.6. The highest BCUT2D eigenvalue weighted by Gasteiger charge is 2.53. The van der Waals surface area contributed by atoms with E-state index in [1.807, 2.05) is 27.7 Å². The van der Waals surface area contributed by atoms with E-state index in [-0.39, 0.29) is 11.4 Å². The van der Waals surface area contributed by atoms with Gasteiger partial charge in [0.05, 0.1) is 23.4 Å². The van der Waals surface area contributed by atoms with Crippen molar-refractivity contribution in [2.24, 2.45) is 14.1 Å². The maximum absolute atomic E-state index is 14.9. The first-order chi connectivity index (χ1) is 12.4. The van der Waals surface area contributed by atoms with Gasteiger partial charge in [0.1, 0.15) is 11.5 Å². The molecule has 1 aromatic heterocycles. The Morgan fingerprint density at radius 2 is 1.74 bits per heavy atom. The van der Waals surface area contributed by atoms with Crippen LogP contribution in [0.4, 0.5) is 10.2 Å². The summed E-state index contributed by atoms with van der Waals surface area (Å²) in [4.78, 5) is 24.8. The number of hydrogen-bond donors (Lipinski definition) is 1. The summed E-state index contributed by atoms with van der Waals surface area (Å²) in [5.74, 6) is 0.201. The van der Waals surface area contributed by atoms with E-state index in [4.69, 9.17) is 14.0 Å². The molecule has 27 heavy (non-hydrogen) atoms. The largest absolute Gasteiger partial charge is 0.525 e. The number of ether oxygens (including phenoxy) is 1. The lowest BCUT2D eigenvalue weighted by atomic mass is 9.87. The lowest BCUT2D eigenvalue weighted by molar-refractivity contribution is 0.00578. The normalized spacial score (nSPS) is 18.8. The number of methoxy groups -OCH3 is 1. The summed E-state index contributed by atoms with van der Waals surface area (Å²) in [5, 5.41) is 2.95. The number of nitrogens with zero attached hydrogens (tertiary/aromatic N) is 2. The second kappa shape index (κ2) is 7.61. The molecule has 1 aliphatic rings. The number of nitrogens with one attached hydrogen (secondary N) is 1. The lowest BCUT2D eigenvalue weighted by Crippen LogP contribution is -2.41. The van der Waals surface area contributed by atoms with Gasteiger partial charge in [0.15, 0.2) is 0 Å². The maximum atomic E-state index is 14.9. The number of aromatic nitrogens is 2. The predicted molar refractivity (Wildman–Crippen MR) is 102 cm³/mol. The number of anilines is 1. The van der Waals surface area contributed by atoms with Gasteiger partial charge >= 0.3 is 12.8 Å². The van der Waals surface area contributed by atoms with Crippen molar-refractivity contribution in [1.29, 1.82) is 0 Å². The Labute approximate surface area is 158 Å². The van der Waals surface area contributed by atoms with Gasteiger partial charge < -0.3 is 19.4 Å². The van der Waals surface area contributed by atoms with Crippen LogP contribution in [0.15, 0.2) is 15.3 Å². The molecule has 0 amide bonds. The van der Waals surface area contributed by atoms with Crippen LogP contribution in [0.3, 0.4) is 0 Å². The van der Waals surface area contributed by atoms with Crippen molar-refractivity contribution in [2.45, 2.75) is 38.9 Å². The maximum Gasteiger partial charge on any atom is 0.525 e. The molecule has 2 rings (SSSR count). The Hall–Kier alpha value is -1.91. The van der Waals surface area contributed by atoms with Crippen molar-refractivity contribution in [3.8, 4) is 0 Å². The molecular formula is C17H27BFN3O5. The van der Waals surface area contributed by atoms with Gasteiger partial charge in [-0.25, -0.2) is 9.18 Å². The van der Waals surface area contributed by atoms with Crippen LogP contribution in [-0.2, 0) is 28.1 Å². The third kappa shape index (κ3) is 4.02. The molecule has 0 atom stereocenters. The summed E-state index contributed by atoms with van der Waals surface area (Å²) in [6.45, 7) is 7.93. The van der Waals surface area contributed by atoms with Crippen LogP contribution in [0, 0.1) is 0 Å². The van der Waals surface area contributed by atoms with Crippen LogP contribution in [0.2, 0.25) is 0 Å². The van der Waals surface area contributed by atoms with E-state index in [0.717, 1.165) is 10.6 Å². The first-order valence-corrected chi connectivity index (χ1v) is 8.68. The highest BCUT2D eigenvalue weighted by molar-refractivity contribution is 6.54. The molecule has 0 unspecified atom stereocenters. The standard InChI is InChI=1S/C17H27BFN3O5/c1-16(2)17(3,4)27-18(26-16)12(19)10-11-13(20-8-9-25-7)21(5)15(24)22(6)14(11)23/h10,20H,8-9H2,1-7H3. The van der Waals surface area contributed by atoms with Crippen molar-refractivity contribution < 1.29 is 18.4 Å². The number of rotatable bonds is 6. The molecule has 150 valence electrons. The summed E-state index contributed by atoms with van der Waals surface area (Å²) in [5.41, 5.74) is -3.31. The molecule has 0 aliphatic carbocycles. The quantitative estimate of drug-likeness (QED) is 0.585. The third-order valence-corrected chi connectivity index (χ3v) is 5.06. The highest BCUT2D eigenvalue weighted by atomic mass is 19.1. The second-order valence-corrected chi connectivity index (χ2v) is 7.51. The van der Waals surface area contributed by atoms with Gasteiger partial charge in [0.25, 0.3) is 5.56 Å². The molecule has 1 aliphatic heterocycles. The highest BCUT2D eigenvalue weighted by Crippen LogP contribution is 2.39. The fraction of sp³-hybridized carbons (Fsp3) is 0.647. The van der Waals surface area contributed by atoms with E-state index >= 15 is 0 Å². The Bertz CT molecular complexity index is 843. The summed E-state index contributed by atoms with van der Waals surface area (Å²) in [6.07, 6.45) is 1.05. The van der Waals surface area contributed by atoms with Crippen molar-refractivity contribution >= 4 is 19.0 Å². The van der Waals surface area contributed by atoms with Crippen LogP contribution in [-0.4, -0.2) is 47.7 Å². The van der Waals surface area contributed by atoms with Gasteiger partial charge in [0, 0.05) is 27.7 Å². The molecule has 2 heterocycles. The van der Waals surface area contributed by atoms with Crippen LogP contribution < -0.4 is 16.6 Å². The van der Waals surface area contributed by atoms with Gasteiger partial charge in [-0.15, -0.1) is 0 Å². The van der Waals surface area contributed by atoms with Crippen LogP contribution in [0.25, 0.3) is 6.08 Å². The van der Waals surface area contributed by atoms with Gasteiger partial charge in [-0.05, 0) is 33.8 Å². The Balaban J connectivity index is 2.49. The van der Waals surface area contributed by atoms with Gasteiger partial charge in [-0.1, -0.05) is 0 Å². The van der Waals surface area contributed by atoms with Gasteiger partial charge in [0.2, 0.25) is 0 Å². The average Bonchev–Trinajstić information content (AvgIpc) is 2.81. The molecule has 10 heteroatoms. The number of hydrogen-bond acceptors (Lipinski definition) is 6. The van der Waals surface area contributed by atoms with Crippen molar-refractivity contribution in [3.63, 3.8) is 0 Å². The monoisotopic (exact) mass is 383 g/mol. The van der Waals surface area contributed by atoms with Crippen LogP contribution in [0.5, 0.6) is 0 Å². The molecule has 8 nitrogen and oxygen atoms in total. The van der Waals surface area contributed by atoms with E-state index in [1.165, 1.54) is 25.8 Å². The fourth-order valence-electron chi connectivity index (χ4n) is 2.65. The predicted octanol–water partition coefficient (Wildman–Crippen LogP) is 1.08. The SMILES string of the molecule is COCCNc1c(C=C(F)B2OC(C)(C)C(C)(C)O2)c(=O)n(C)c(=O)n1C. The molecule has 1 N–H and O–H groups in total. The minimum Gasteiger partial charge on any atom is -0.398 e. The first-order valence-electron chi connectivity index (χ1n) is 8.68. The Morgan fingerprint density at radius 1 is 1.19 bits per heavy atom. The van der Waals surface area contributed by atoms with Gasteiger partial charge in [-0.2, -0.15) is 0 Å². The first kappa shape index (κ1) is 21.4. The Morgan fingerprint density at radius 3 is 2.26 bits per heavy atom. The van der Waals surface area contributed by atoms with Crippen molar-refractivity contribution in [1.82, 2.24) is 9.13 Å². The van der Waals surface area contributed by atoms with E-state index in [1.54, 1.807) is 0 Å². The van der Waals surface area contributed by atoms with E-state index in [9.17, 15) is 14.0 Å². The Kier molecular flexibility index (Phi) is 6.03. The number of halogens is 1. The molecule has 0 spiro atoms. The second-order valence-electron chi connectivity index (χ2n) is 7.51. The zero-order valence-corrected chi connectivity index (χ0v) is 16.9. The lowest BCUT2D eigenvalue weighted by Gasteiger charge is -2.32. The summed E-state index contributed by atoms with van der Waals surface area (Å²) >= 11 is 0. The van der Waals surface area contributed by atoms with Crippen LogP contribution in [0.1, 0.15) is 33.3 Å². The summed E-state index contributed by atoms with van der Waals surface area (Å²) in [6, 6.07) is 0. The van der Waals surface area contributed by atoms with Crippen molar-refractivity contribution in [3.05, 3.63) is 32.1 Å². The third-order valence-electron chi connectivity index (χ3n) is 5.06. The van der Waals surface area contributed by atoms with E-state index in [0.29, 0.717) is 13.2 Å². The van der Waals surface area contributed by atoms with E-state index in [2.05, 4.69) is 5.32 Å². The molecule has 1 saturated heterocycles. The van der Waals surface area contributed by atoms with Crippen molar-refractivity contribution in [2.75, 3.05) is 25.6 Å². The topological polar surface area (TPSA) is 83.7 Å². The van der Waals surface area contributed by atoms with Gasteiger partial charge in [-0.3, -0.25) is 13.9 Å². The minimum atomic E-state index is -1.23. The zero-order valence-electron chi connectivity index (χ0n) is 16.9. The van der Waals surface area contributed by atoms with Crippen LogP contribution >= 0.6 is 0 Å². The smallest absolute Gasteiger partial charge is 0.398 e. The molecule has 0 aromatic carbocycles. The molecule has 0 radical (unpaired) electrons. The summed E-state index contributed by atoms with van der Waals surface area (Å²) in [7, 11) is 3.14. The average molecular weight is 383 g/mol.